The van der Waals surface area contributed by atoms with E-state index in [2.05, 4.69) is 5.32 Å². The van der Waals surface area contributed by atoms with Gasteiger partial charge in [0.25, 0.3) is 0 Å². The van der Waals surface area contributed by atoms with Crippen LogP contribution in [0, 0.1) is 5.82 Å². The summed E-state index contributed by atoms with van der Waals surface area (Å²) < 4.78 is 23.8. The van der Waals surface area contributed by atoms with Crippen LogP contribution in [0.2, 0.25) is 0 Å². The van der Waals surface area contributed by atoms with Crippen molar-refractivity contribution in [1.82, 2.24) is 5.32 Å². The highest BCUT2D eigenvalue weighted by atomic mass is 19.1. The molecular formula is C17H20FNO2. The van der Waals surface area contributed by atoms with Crippen molar-refractivity contribution in [3.63, 3.8) is 0 Å². The summed E-state index contributed by atoms with van der Waals surface area (Å²) in [5.74, 6) is 1.34. The summed E-state index contributed by atoms with van der Waals surface area (Å²) in [6.07, 6.45) is 0.892. The Morgan fingerprint density at radius 3 is 2.19 bits per heavy atom. The van der Waals surface area contributed by atoms with Crippen molar-refractivity contribution in [3.05, 3.63) is 60.4 Å². The average molecular weight is 289 g/mol. The maximum Gasteiger partial charge on any atom is 0.123 e. The Bertz CT molecular complexity index is 502. The summed E-state index contributed by atoms with van der Waals surface area (Å²) in [5, 5.41) is 3.29. The highest BCUT2D eigenvalue weighted by molar-refractivity contribution is 5.22. The molecule has 0 aliphatic carbocycles. The molecule has 0 unspecified atom stereocenters. The minimum Gasteiger partial charge on any atom is -0.494 e. The molecule has 0 atom stereocenters. The van der Waals surface area contributed by atoms with E-state index in [4.69, 9.17) is 9.47 Å². The Kier molecular flexibility index (Phi) is 6.55. The quantitative estimate of drug-likeness (QED) is 0.719. The van der Waals surface area contributed by atoms with E-state index in [9.17, 15) is 4.39 Å². The number of hydrogen-bond donors (Lipinski definition) is 1. The van der Waals surface area contributed by atoms with Crippen LogP contribution in [0.3, 0.4) is 0 Å². The van der Waals surface area contributed by atoms with Crippen molar-refractivity contribution in [2.75, 3.05) is 26.3 Å². The third-order valence-corrected chi connectivity index (χ3v) is 2.87. The normalized spacial score (nSPS) is 10.3. The number of benzene rings is 2. The SMILES string of the molecule is Fc1ccc(OCCCNCCOc2ccccc2)cc1. The molecule has 0 saturated carbocycles. The first-order valence-electron chi connectivity index (χ1n) is 7.11. The van der Waals surface area contributed by atoms with Gasteiger partial charge in [-0.25, -0.2) is 4.39 Å². The van der Waals surface area contributed by atoms with Crippen LogP contribution in [0.4, 0.5) is 4.39 Å². The molecule has 1 N–H and O–H groups in total. The molecule has 0 aliphatic heterocycles. The molecule has 0 bridgehead atoms. The number of para-hydroxylation sites is 1. The molecule has 0 spiro atoms. The van der Waals surface area contributed by atoms with Crippen LogP contribution >= 0.6 is 0 Å². The van der Waals surface area contributed by atoms with Crippen molar-refractivity contribution in [1.29, 1.82) is 0 Å². The lowest BCUT2D eigenvalue weighted by Crippen LogP contribution is -2.23. The topological polar surface area (TPSA) is 30.5 Å². The Labute approximate surface area is 124 Å². The molecular weight excluding hydrogens is 269 g/mol. The predicted octanol–water partition coefficient (Wildman–Crippen LogP) is 3.26. The molecule has 0 aliphatic rings. The molecule has 0 radical (unpaired) electrons. The van der Waals surface area contributed by atoms with Crippen molar-refractivity contribution in [2.45, 2.75) is 6.42 Å². The van der Waals surface area contributed by atoms with Gasteiger partial charge in [0.2, 0.25) is 0 Å². The first-order valence-corrected chi connectivity index (χ1v) is 7.11. The van der Waals surface area contributed by atoms with Gasteiger partial charge in [0.1, 0.15) is 23.9 Å². The third-order valence-electron chi connectivity index (χ3n) is 2.87. The molecule has 0 amide bonds. The van der Waals surface area contributed by atoms with Crippen LogP contribution < -0.4 is 14.8 Å². The lowest BCUT2D eigenvalue weighted by Gasteiger charge is -2.08. The Balaban J connectivity index is 1.46. The van der Waals surface area contributed by atoms with Crippen LogP contribution in [0.1, 0.15) is 6.42 Å². The highest BCUT2D eigenvalue weighted by Crippen LogP contribution is 2.11. The lowest BCUT2D eigenvalue weighted by molar-refractivity contribution is 0.294. The molecule has 21 heavy (non-hydrogen) atoms. The van der Waals surface area contributed by atoms with Crippen LogP contribution in [0.25, 0.3) is 0 Å². The second-order valence-electron chi connectivity index (χ2n) is 4.57. The fourth-order valence-corrected chi connectivity index (χ4v) is 1.80. The van der Waals surface area contributed by atoms with E-state index < -0.39 is 0 Å². The van der Waals surface area contributed by atoms with Crippen molar-refractivity contribution in [2.24, 2.45) is 0 Å². The van der Waals surface area contributed by atoms with Gasteiger partial charge in [-0.3, -0.25) is 0 Å². The number of ether oxygens (including phenoxy) is 2. The zero-order valence-corrected chi connectivity index (χ0v) is 11.9. The molecule has 2 aromatic rings. The summed E-state index contributed by atoms with van der Waals surface area (Å²) >= 11 is 0. The maximum absolute atomic E-state index is 12.7. The summed E-state index contributed by atoms with van der Waals surface area (Å²) in [6, 6.07) is 15.8. The smallest absolute Gasteiger partial charge is 0.123 e. The van der Waals surface area contributed by atoms with Gasteiger partial charge in [-0.1, -0.05) is 18.2 Å². The van der Waals surface area contributed by atoms with Gasteiger partial charge in [-0.2, -0.15) is 0 Å². The molecule has 3 nitrogen and oxygen atoms in total. The maximum atomic E-state index is 12.7. The molecule has 2 rings (SSSR count). The summed E-state index contributed by atoms with van der Waals surface area (Å²) in [7, 11) is 0. The van der Waals surface area contributed by atoms with Crippen molar-refractivity contribution >= 4 is 0 Å². The Morgan fingerprint density at radius 2 is 1.43 bits per heavy atom. The number of halogens is 1. The minimum absolute atomic E-state index is 0.248. The van der Waals surface area contributed by atoms with E-state index in [1.54, 1.807) is 12.1 Å². The molecule has 0 heterocycles. The first kappa shape index (κ1) is 15.3. The van der Waals surface area contributed by atoms with Crippen LogP contribution in [0.15, 0.2) is 54.6 Å². The minimum atomic E-state index is -0.248. The molecule has 2 aromatic carbocycles. The highest BCUT2D eigenvalue weighted by Gasteiger charge is 1.95. The van der Waals surface area contributed by atoms with Gasteiger partial charge in [0.05, 0.1) is 6.61 Å². The molecule has 0 aromatic heterocycles. The zero-order valence-electron chi connectivity index (χ0n) is 11.9. The fraction of sp³-hybridized carbons (Fsp3) is 0.294. The number of rotatable bonds is 9. The van der Waals surface area contributed by atoms with Crippen LogP contribution in [-0.4, -0.2) is 26.3 Å². The monoisotopic (exact) mass is 289 g/mol. The fourth-order valence-electron chi connectivity index (χ4n) is 1.80. The number of hydrogen-bond acceptors (Lipinski definition) is 3. The van der Waals surface area contributed by atoms with E-state index in [0.717, 1.165) is 25.3 Å². The predicted molar refractivity (Wildman–Crippen MR) is 81.3 cm³/mol. The zero-order chi connectivity index (χ0) is 14.8. The second-order valence-corrected chi connectivity index (χ2v) is 4.57. The Morgan fingerprint density at radius 1 is 0.762 bits per heavy atom. The standard InChI is InChI=1S/C17H20FNO2/c18-15-7-9-17(10-8-15)20-13-4-11-19-12-14-21-16-5-2-1-3-6-16/h1-3,5-10,19H,4,11-14H2. The van der Waals surface area contributed by atoms with Crippen LogP contribution in [0.5, 0.6) is 11.5 Å². The largest absolute Gasteiger partial charge is 0.494 e. The van der Waals surface area contributed by atoms with E-state index in [-0.39, 0.29) is 5.82 Å². The summed E-state index contributed by atoms with van der Waals surface area (Å²) in [4.78, 5) is 0. The average Bonchev–Trinajstić information content (AvgIpc) is 2.53. The van der Waals surface area contributed by atoms with Gasteiger partial charge in [0.15, 0.2) is 0 Å². The van der Waals surface area contributed by atoms with Gasteiger partial charge in [-0.15, -0.1) is 0 Å². The number of nitrogens with one attached hydrogen (secondary N) is 1. The lowest BCUT2D eigenvalue weighted by atomic mass is 10.3. The molecule has 112 valence electrons. The van der Waals surface area contributed by atoms with Gasteiger partial charge in [0, 0.05) is 6.54 Å². The summed E-state index contributed by atoms with van der Waals surface area (Å²) in [5.41, 5.74) is 0. The van der Waals surface area contributed by atoms with E-state index >= 15 is 0 Å². The first-order chi connectivity index (χ1) is 10.3. The molecule has 0 saturated heterocycles. The summed E-state index contributed by atoms with van der Waals surface area (Å²) in [6.45, 7) is 2.91. The van der Waals surface area contributed by atoms with E-state index in [1.165, 1.54) is 12.1 Å². The van der Waals surface area contributed by atoms with E-state index in [0.29, 0.717) is 19.0 Å². The van der Waals surface area contributed by atoms with Crippen molar-refractivity contribution in [3.8, 4) is 11.5 Å². The van der Waals surface area contributed by atoms with Gasteiger partial charge in [-0.05, 0) is 49.4 Å². The van der Waals surface area contributed by atoms with Crippen molar-refractivity contribution < 1.29 is 13.9 Å². The molecule has 0 fully saturated rings. The van der Waals surface area contributed by atoms with Gasteiger partial charge < -0.3 is 14.8 Å². The second kappa shape index (κ2) is 8.97. The molecule has 4 heteroatoms. The van der Waals surface area contributed by atoms with Crippen LogP contribution in [-0.2, 0) is 0 Å². The Hall–Kier alpha value is -2.07. The third kappa shape index (κ3) is 6.27. The van der Waals surface area contributed by atoms with Gasteiger partial charge >= 0.3 is 0 Å². The van der Waals surface area contributed by atoms with E-state index in [1.807, 2.05) is 30.3 Å².